The van der Waals surface area contributed by atoms with Gasteiger partial charge in [-0.1, -0.05) is 6.07 Å². The molecule has 0 aliphatic rings. The predicted octanol–water partition coefficient (Wildman–Crippen LogP) is 0.643. The summed E-state index contributed by atoms with van der Waals surface area (Å²) in [6.45, 7) is 2.06. The summed E-state index contributed by atoms with van der Waals surface area (Å²) < 4.78 is 10.5. The van der Waals surface area contributed by atoms with Gasteiger partial charge in [0.25, 0.3) is 5.91 Å². The summed E-state index contributed by atoms with van der Waals surface area (Å²) in [5.41, 5.74) is 4.45. The minimum Gasteiger partial charge on any atom is -0.441 e. The van der Waals surface area contributed by atoms with Crippen molar-refractivity contribution in [2.45, 2.75) is 13.5 Å². The largest absolute Gasteiger partial charge is 0.441 e. The number of benzene rings is 1. The van der Waals surface area contributed by atoms with Crippen molar-refractivity contribution in [1.82, 2.24) is 10.4 Å². The van der Waals surface area contributed by atoms with E-state index < -0.39 is 0 Å². The molecule has 0 spiro atoms. The second-order valence-electron chi connectivity index (χ2n) is 3.60. The Morgan fingerprint density at radius 3 is 3.18 bits per heavy atom. The molecule has 6 heteroatoms. The van der Waals surface area contributed by atoms with Crippen LogP contribution < -0.4 is 11.3 Å². The molecule has 0 atom stereocenters. The van der Waals surface area contributed by atoms with Crippen LogP contribution in [0.5, 0.6) is 0 Å². The molecule has 0 aliphatic carbocycles. The van der Waals surface area contributed by atoms with Crippen LogP contribution in [0, 0.1) is 6.92 Å². The molecule has 90 valence electrons. The van der Waals surface area contributed by atoms with Crippen LogP contribution in [0.25, 0.3) is 11.1 Å². The maximum Gasteiger partial charge on any atom is 0.259 e. The molecule has 0 bridgehead atoms. The van der Waals surface area contributed by atoms with Gasteiger partial charge in [-0.3, -0.25) is 10.2 Å². The Morgan fingerprint density at radius 2 is 2.41 bits per heavy atom. The monoisotopic (exact) mass is 235 g/mol. The standard InChI is InChI=1S/C11H13N3O3/c1-7-13-9-4-8(2-3-10(9)17-7)5-16-6-11(15)14-12/h2-4H,5-6,12H2,1H3,(H,14,15). The SMILES string of the molecule is Cc1nc2cc(COCC(=O)NN)ccc2o1. The van der Waals surface area contributed by atoms with E-state index in [1.54, 1.807) is 6.92 Å². The molecule has 2 aromatic rings. The number of hydrogen-bond donors (Lipinski definition) is 2. The van der Waals surface area contributed by atoms with Crippen LogP contribution in [0.2, 0.25) is 0 Å². The van der Waals surface area contributed by atoms with Crippen LogP contribution in [0.3, 0.4) is 0 Å². The number of ether oxygens (including phenoxy) is 1. The number of amides is 1. The maximum absolute atomic E-state index is 10.8. The highest BCUT2D eigenvalue weighted by Crippen LogP contribution is 2.17. The molecule has 3 N–H and O–H groups in total. The molecule has 0 saturated carbocycles. The highest BCUT2D eigenvalue weighted by Gasteiger charge is 2.04. The fraction of sp³-hybridized carbons (Fsp3) is 0.273. The number of oxazole rings is 1. The lowest BCUT2D eigenvalue weighted by molar-refractivity contribution is -0.126. The number of fused-ring (bicyclic) bond motifs is 1. The number of hydrazine groups is 1. The van der Waals surface area contributed by atoms with Crippen LogP contribution in [0.4, 0.5) is 0 Å². The zero-order chi connectivity index (χ0) is 12.3. The fourth-order valence-corrected chi connectivity index (χ4v) is 1.48. The van der Waals surface area contributed by atoms with Crippen molar-refractivity contribution in [2.24, 2.45) is 5.84 Å². The number of rotatable bonds is 4. The number of carbonyl (C=O) groups excluding carboxylic acids is 1. The van der Waals surface area contributed by atoms with E-state index in [1.165, 1.54) is 0 Å². The minimum absolute atomic E-state index is 0.0631. The zero-order valence-electron chi connectivity index (χ0n) is 9.40. The quantitative estimate of drug-likeness (QED) is 0.461. The van der Waals surface area contributed by atoms with Gasteiger partial charge < -0.3 is 9.15 Å². The first-order chi connectivity index (χ1) is 8.19. The van der Waals surface area contributed by atoms with Gasteiger partial charge in [0.1, 0.15) is 12.1 Å². The minimum atomic E-state index is -0.358. The molecule has 0 unspecified atom stereocenters. The third kappa shape index (κ3) is 2.80. The average molecular weight is 235 g/mol. The molecule has 6 nitrogen and oxygen atoms in total. The summed E-state index contributed by atoms with van der Waals surface area (Å²) in [4.78, 5) is 15.0. The van der Waals surface area contributed by atoms with Gasteiger partial charge in [-0.15, -0.1) is 0 Å². The number of nitrogens with one attached hydrogen (secondary N) is 1. The summed E-state index contributed by atoms with van der Waals surface area (Å²) >= 11 is 0. The number of aryl methyl sites for hydroxylation is 1. The Kier molecular flexibility index (Phi) is 3.36. The van der Waals surface area contributed by atoms with Crippen molar-refractivity contribution in [3.05, 3.63) is 29.7 Å². The number of hydrogen-bond acceptors (Lipinski definition) is 5. The van der Waals surface area contributed by atoms with E-state index in [9.17, 15) is 4.79 Å². The summed E-state index contributed by atoms with van der Waals surface area (Å²) in [6, 6.07) is 5.57. The first-order valence-electron chi connectivity index (χ1n) is 5.12. The lowest BCUT2D eigenvalue weighted by Crippen LogP contribution is -2.33. The zero-order valence-corrected chi connectivity index (χ0v) is 9.40. The summed E-state index contributed by atoms with van der Waals surface area (Å²) in [5.74, 6) is 5.19. The van der Waals surface area contributed by atoms with Gasteiger partial charge in [0.2, 0.25) is 0 Å². The summed E-state index contributed by atoms with van der Waals surface area (Å²) in [7, 11) is 0. The lowest BCUT2D eigenvalue weighted by Gasteiger charge is -2.02. The van der Waals surface area contributed by atoms with Gasteiger partial charge in [-0.05, 0) is 17.7 Å². The van der Waals surface area contributed by atoms with Gasteiger partial charge in [-0.25, -0.2) is 10.8 Å². The van der Waals surface area contributed by atoms with Gasteiger partial charge >= 0.3 is 0 Å². The first-order valence-corrected chi connectivity index (χ1v) is 5.12. The molecule has 1 amide bonds. The Labute approximate surface area is 97.7 Å². The molecule has 0 fully saturated rings. The lowest BCUT2D eigenvalue weighted by atomic mass is 10.2. The van der Waals surface area contributed by atoms with Crippen molar-refractivity contribution in [3.63, 3.8) is 0 Å². The third-order valence-corrected chi connectivity index (χ3v) is 2.22. The van der Waals surface area contributed by atoms with E-state index in [2.05, 4.69) is 4.98 Å². The van der Waals surface area contributed by atoms with E-state index in [4.69, 9.17) is 15.0 Å². The first kappa shape index (κ1) is 11.6. The van der Waals surface area contributed by atoms with E-state index >= 15 is 0 Å². The van der Waals surface area contributed by atoms with Crippen LogP contribution >= 0.6 is 0 Å². The highest BCUT2D eigenvalue weighted by molar-refractivity contribution is 5.76. The smallest absolute Gasteiger partial charge is 0.259 e. The van der Waals surface area contributed by atoms with E-state index in [0.29, 0.717) is 12.5 Å². The molecule has 0 saturated heterocycles. The maximum atomic E-state index is 10.8. The van der Waals surface area contributed by atoms with Crippen molar-refractivity contribution >= 4 is 17.0 Å². The van der Waals surface area contributed by atoms with Crippen LogP contribution in [-0.2, 0) is 16.1 Å². The van der Waals surface area contributed by atoms with Crippen molar-refractivity contribution in [3.8, 4) is 0 Å². The van der Waals surface area contributed by atoms with Gasteiger partial charge in [0, 0.05) is 6.92 Å². The Balaban J connectivity index is 2.01. The predicted molar refractivity (Wildman–Crippen MR) is 60.7 cm³/mol. The second kappa shape index (κ2) is 4.94. The van der Waals surface area contributed by atoms with Crippen molar-refractivity contribution < 1.29 is 13.9 Å². The van der Waals surface area contributed by atoms with E-state index in [0.717, 1.165) is 16.7 Å². The fourth-order valence-electron chi connectivity index (χ4n) is 1.48. The number of aromatic nitrogens is 1. The molecule has 17 heavy (non-hydrogen) atoms. The summed E-state index contributed by atoms with van der Waals surface area (Å²) in [6.07, 6.45) is 0. The average Bonchev–Trinajstić information content (AvgIpc) is 2.68. The highest BCUT2D eigenvalue weighted by atomic mass is 16.5. The normalized spacial score (nSPS) is 10.7. The van der Waals surface area contributed by atoms with E-state index in [1.807, 2.05) is 23.6 Å². The topological polar surface area (TPSA) is 90.4 Å². The van der Waals surface area contributed by atoms with Gasteiger partial charge in [-0.2, -0.15) is 0 Å². The molecular weight excluding hydrogens is 222 g/mol. The number of nitrogens with two attached hydrogens (primary N) is 1. The molecule has 0 radical (unpaired) electrons. The van der Waals surface area contributed by atoms with Crippen molar-refractivity contribution in [2.75, 3.05) is 6.61 Å². The van der Waals surface area contributed by atoms with Gasteiger partial charge in [0.05, 0.1) is 6.61 Å². The third-order valence-electron chi connectivity index (χ3n) is 2.22. The molecule has 2 rings (SSSR count). The Hall–Kier alpha value is -1.92. The van der Waals surface area contributed by atoms with Gasteiger partial charge in [0.15, 0.2) is 11.5 Å². The van der Waals surface area contributed by atoms with Crippen LogP contribution in [-0.4, -0.2) is 17.5 Å². The molecule has 1 aromatic carbocycles. The molecule has 1 heterocycles. The Morgan fingerprint density at radius 1 is 1.59 bits per heavy atom. The van der Waals surface area contributed by atoms with E-state index in [-0.39, 0.29) is 12.5 Å². The van der Waals surface area contributed by atoms with Crippen LogP contribution in [0.1, 0.15) is 11.5 Å². The van der Waals surface area contributed by atoms with Crippen LogP contribution in [0.15, 0.2) is 22.6 Å². The number of carbonyl (C=O) groups is 1. The Bertz CT molecular complexity index is 536. The second-order valence-corrected chi connectivity index (χ2v) is 3.60. The number of nitrogens with zero attached hydrogens (tertiary/aromatic N) is 1. The summed E-state index contributed by atoms with van der Waals surface area (Å²) in [5, 5.41) is 0. The molecular formula is C11H13N3O3. The molecule has 0 aliphatic heterocycles. The molecule has 1 aromatic heterocycles. The van der Waals surface area contributed by atoms with Crippen molar-refractivity contribution in [1.29, 1.82) is 0 Å².